The number of amides is 1. The van der Waals surface area contributed by atoms with E-state index in [9.17, 15) is 18.0 Å². The zero-order chi connectivity index (χ0) is 17.5. The molecule has 0 fully saturated rings. The number of nitrogens with zero attached hydrogens (tertiary/aromatic N) is 1. The first kappa shape index (κ1) is 16.7. The van der Waals surface area contributed by atoms with Gasteiger partial charge >= 0.3 is 0 Å². The smallest absolute Gasteiger partial charge is 0.271 e. The van der Waals surface area contributed by atoms with Gasteiger partial charge in [0, 0.05) is 22.8 Å². The van der Waals surface area contributed by atoms with Crippen molar-refractivity contribution in [1.29, 1.82) is 0 Å². The summed E-state index contributed by atoms with van der Waals surface area (Å²) in [5.74, 6) is -0.431. The monoisotopic (exact) mass is 411 g/mol. The second-order valence-electron chi connectivity index (χ2n) is 5.44. The minimum absolute atomic E-state index is 0.132. The van der Waals surface area contributed by atoms with Crippen molar-refractivity contribution >= 4 is 43.2 Å². The molecule has 24 heavy (non-hydrogen) atoms. The normalized spacial score (nSPS) is 13.7. The van der Waals surface area contributed by atoms with E-state index in [1.165, 1.54) is 16.6 Å². The van der Waals surface area contributed by atoms with Crippen LogP contribution in [0, 0.1) is 0 Å². The number of nitrogens with one attached hydrogen (secondary N) is 2. The highest BCUT2D eigenvalue weighted by Gasteiger charge is 2.26. The molecule has 3 rings (SSSR count). The maximum absolute atomic E-state index is 12.3. The summed E-state index contributed by atoms with van der Waals surface area (Å²) in [6.07, 6.45) is 3.18. The van der Waals surface area contributed by atoms with Crippen LogP contribution in [-0.4, -0.2) is 32.1 Å². The van der Waals surface area contributed by atoms with Crippen LogP contribution in [0.2, 0.25) is 0 Å². The minimum atomic E-state index is -3.33. The van der Waals surface area contributed by atoms with Gasteiger partial charge in [-0.25, -0.2) is 8.42 Å². The molecule has 9 heteroatoms. The third-order valence-electron chi connectivity index (χ3n) is 3.71. The summed E-state index contributed by atoms with van der Waals surface area (Å²) >= 11 is 3.22. The van der Waals surface area contributed by atoms with E-state index >= 15 is 0 Å². The predicted molar refractivity (Wildman–Crippen MR) is 95.1 cm³/mol. The maximum atomic E-state index is 12.3. The second-order valence-corrected chi connectivity index (χ2v) is 8.27. The van der Waals surface area contributed by atoms with Crippen LogP contribution in [0.1, 0.15) is 15.9 Å². The number of aromatic nitrogens is 1. The van der Waals surface area contributed by atoms with E-state index in [4.69, 9.17) is 0 Å². The average molecular weight is 412 g/mol. The Morgan fingerprint density at radius 3 is 2.79 bits per heavy atom. The van der Waals surface area contributed by atoms with Gasteiger partial charge in [-0.1, -0.05) is 0 Å². The van der Waals surface area contributed by atoms with Crippen molar-refractivity contribution in [3.63, 3.8) is 0 Å². The first-order valence-electron chi connectivity index (χ1n) is 7.06. The highest BCUT2D eigenvalue weighted by Crippen LogP contribution is 2.30. The number of hydrogen-bond acceptors (Lipinski definition) is 4. The number of carbonyl (C=O) groups is 1. The Balaban J connectivity index is 1.88. The summed E-state index contributed by atoms with van der Waals surface area (Å²) < 4.78 is 25.4. The average Bonchev–Trinajstić information content (AvgIpc) is 2.94. The Morgan fingerprint density at radius 1 is 1.33 bits per heavy atom. The number of anilines is 2. The van der Waals surface area contributed by atoms with Crippen LogP contribution in [0.5, 0.6) is 0 Å². The van der Waals surface area contributed by atoms with Crippen LogP contribution in [0.25, 0.3) is 0 Å². The molecule has 1 aromatic heterocycles. The summed E-state index contributed by atoms with van der Waals surface area (Å²) in [6.45, 7) is 0.366. The molecule has 0 aliphatic carbocycles. The number of benzene rings is 1. The van der Waals surface area contributed by atoms with Crippen molar-refractivity contribution in [1.82, 2.24) is 4.98 Å². The zero-order valence-electron chi connectivity index (χ0n) is 12.7. The lowest BCUT2D eigenvalue weighted by Gasteiger charge is -2.16. The number of pyridine rings is 1. The minimum Gasteiger partial charge on any atom is -0.326 e. The van der Waals surface area contributed by atoms with Gasteiger partial charge in [0.15, 0.2) is 0 Å². The van der Waals surface area contributed by atoms with E-state index < -0.39 is 21.5 Å². The standard InChI is InChI=1S/C15H14BrN3O4S/c1-24(22,23)19-5-4-9-6-10(2-3-13(9)19)14(20)18-12-7-11(16)8-17-15(12)21/h2-3,6-8H,4-5H2,1H3,(H,17,21)(H,18,20). The number of fused-ring (bicyclic) bond motifs is 1. The third kappa shape index (κ3) is 3.22. The quantitative estimate of drug-likeness (QED) is 0.802. The van der Waals surface area contributed by atoms with Crippen molar-refractivity contribution in [2.24, 2.45) is 0 Å². The van der Waals surface area contributed by atoms with Crippen molar-refractivity contribution < 1.29 is 13.2 Å². The van der Waals surface area contributed by atoms with Crippen LogP contribution >= 0.6 is 15.9 Å². The number of aromatic amines is 1. The van der Waals surface area contributed by atoms with Crippen LogP contribution < -0.4 is 15.2 Å². The van der Waals surface area contributed by atoms with Crippen LogP contribution in [0.15, 0.2) is 39.7 Å². The van der Waals surface area contributed by atoms with Crippen LogP contribution in [0.3, 0.4) is 0 Å². The van der Waals surface area contributed by atoms with Crippen LogP contribution in [-0.2, 0) is 16.4 Å². The van der Waals surface area contributed by atoms with E-state index in [1.54, 1.807) is 18.2 Å². The van der Waals surface area contributed by atoms with Gasteiger partial charge in [0.25, 0.3) is 11.5 Å². The van der Waals surface area contributed by atoms with Crippen molar-refractivity contribution in [3.05, 3.63) is 56.4 Å². The predicted octanol–water partition coefficient (Wildman–Crippen LogP) is 1.71. The SMILES string of the molecule is CS(=O)(=O)N1CCc2cc(C(=O)Nc3cc(Br)c[nH]c3=O)ccc21. The number of halogens is 1. The van der Waals surface area contributed by atoms with Crippen LogP contribution in [0.4, 0.5) is 11.4 Å². The van der Waals surface area contributed by atoms with Gasteiger partial charge in [0.1, 0.15) is 5.69 Å². The number of carbonyl (C=O) groups excluding carboxylic acids is 1. The second kappa shape index (κ2) is 6.06. The topological polar surface area (TPSA) is 99.3 Å². The molecule has 0 saturated heterocycles. The van der Waals surface area contributed by atoms with Gasteiger partial charge in [0.2, 0.25) is 10.0 Å². The molecule has 0 saturated carbocycles. The molecule has 0 unspecified atom stereocenters. The summed E-state index contributed by atoms with van der Waals surface area (Å²) in [7, 11) is -3.33. The van der Waals surface area contributed by atoms with Crippen molar-refractivity contribution in [2.45, 2.75) is 6.42 Å². The van der Waals surface area contributed by atoms with Gasteiger partial charge in [-0.2, -0.15) is 0 Å². The van der Waals surface area contributed by atoms with Gasteiger partial charge in [-0.3, -0.25) is 13.9 Å². The van der Waals surface area contributed by atoms with Crippen molar-refractivity contribution in [2.75, 3.05) is 22.4 Å². The van der Waals surface area contributed by atoms with E-state index in [2.05, 4.69) is 26.2 Å². The van der Waals surface area contributed by atoms with Crippen molar-refractivity contribution in [3.8, 4) is 0 Å². The number of H-pyrrole nitrogens is 1. The fourth-order valence-electron chi connectivity index (χ4n) is 2.60. The Bertz CT molecular complexity index is 984. The molecule has 2 N–H and O–H groups in total. The Morgan fingerprint density at radius 2 is 2.08 bits per heavy atom. The summed E-state index contributed by atoms with van der Waals surface area (Å²) in [5, 5.41) is 2.56. The molecular weight excluding hydrogens is 398 g/mol. The molecule has 1 aromatic carbocycles. The molecule has 1 amide bonds. The first-order chi connectivity index (χ1) is 11.3. The molecule has 0 atom stereocenters. The molecule has 126 valence electrons. The Hall–Kier alpha value is -2.13. The molecule has 1 aliphatic rings. The van der Waals surface area contributed by atoms with E-state index in [1.807, 2.05) is 0 Å². The van der Waals surface area contributed by atoms with Gasteiger partial charge < -0.3 is 10.3 Å². The highest BCUT2D eigenvalue weighted by atomic mass is 79.9. The third-order valence-corrected chi connectivity index (χ3v) is 5.35. The summed E-state index contributed by atoms with van der Waals surface area (Å²) in [4.78, 5) is 26.6. The number of rotatable bonds is 3. The van der Waals surface area contributed by atoms with E-state index in [0.717, 1.165) is 11.8 Å². The summed E-state index contributed by atoms with van der Waals surface area (Å²) in [5.41, 5.74) is 1.47. The van der Waals surface area contributed by atoms with Gasteiger partial charge in [-0.15, -0.1) is 0 Å². The molecule has 0 spiro atoms. The highest BCUT2D eigenvalue weighted by molar-refractivity contribution is 9.10. The maximum Gasteiger partial charge on any atom is 0.271 e. The lowest BCUT2D eigenvalue weighted by molar-refractivity contribution is 0.102. The van der Waals surface area contributed by atoms with Gasteiger partial charge in [-0.05, 0) is 52.2 Å². The van der Waals surface area contributed by atoms with E-state index in [0.29, 0.717) is 28.7 Å². The zero-order valence-corrected chi connectivity index (χ0v) is 15.1. The first-order valence-corrected chi connectivity index (χ1v) is 9.70. The lowest BCUT2D eigenvalue weighted by atomic mass is 10.1. The fraction of sp³-hybridized carbons (Fsp3) is 0.200. The largest absolute Gasteiger partial charge is 0.326 e. The molecule has 2 heterocycles. The molecule has 7 nitrogen and oxygen atoms in total. The number of hydrogen-bond donors (Lipinski definition) is 2. The Labute approximate surface area is 146 Å². The molecule has 1 aliphatic heterocycles. The molecule has 0 radical (unpaired) electrons. The van der Waals surface area contributed by atoms with Gasteiger partial charge in [0.05, 0.1) is 11.9 Å². The molecular formula is C15H14BrN3O4S. The van der Waals surface area contributed by atoms with E-state index in [-0.39, 0.29) is 5.69 Å². The summed E-state index contributed by atoms with van der Waals surface area (Å²) in [6, 6.07) is 6.32. The number of sulfonamides is 1. The Kier molecular flexibility index (Phi) is 4.22. The molecule has 2 aromatic rings. The molecule has 0 bridgehead atoms. The lowest BCUT2D eigenvalue weighted by Crippen LogP contribution is -2.27. The fourth-order valence-corrected chi connectivity index (χ4v) is 3.90.